The van der Waals surface area contributed by atoms with Gasteiger partial charge in [-0.1, -0.05) is 51.4 Å². The van der Waals surface area contributed by atoms with Crippen LogP contribution in [0.5, 0.6) is 5.75 Å². The molecule has 2 aromatic rings. The number of benzene rings is 2. The maximum atomic E-state index is 12.9. The summed E-state index contributed by atoms with van der Waals surface area (Å²) in [5.74, 6) is 0.106. The molecule has 0 unspecified atom stereocenters. The molecule has 2 rings (SSSR count). The predicted octanol–water partition coefficient (Wildman–Crippen LogP) is 4.51. The second-order valence-electron chi connectivity index (χ2n) is 6.79. The zero-order valence-corrected chi connectivity index (χ0v) is 18.7. The van der Waals surface area contributed by atoms with Crippen LogP contribution < -0.4 is 10.1 Å². The van der Waals surface area contributed by atoms with E-state index in [1.807, 2.05) is 24.3 Å². The third-order valence-electron chi connectivity index (χ3n) is 4.45. The summed E-state index contributed by atoms with van der Waals surface area (Å²) < 4.78 is 32.6. The fourth-order valence-corrected chi connectivity index (χ4v) is 4.65. The van der Waals surface area contributed by atoms with Gasteiger partial charge in [-0.25, -0.2) is 8.42 Å². The second-order valence-corrected chi connectivity index (χ2v) is 9.14. The van der Waals surface area contributed by atoms with Crippen LogP contribution in [0.4, 0.5) is 5.69 Å². The molecule has 0 heterocycles. The summed E-state index contributed by atoms with van der Waals surface area (Å²) in [6.07, 6.45) is 0. The number of rotatable bonds is 9. The average molecular weight is 439 g/mol. The molecule has 1 amide bonds. The van der Waals surface area contributed by atoms with Crippen molar-refractivity contribution in [1.82, 2.24) is 4.31 Å². The molecule has 1 N–H and O–H groups in total. The number of sulfonamides is 1. The normalized spacial score (nSPS) is 11.7. The van der Waals surface area contributed by atoms with E-state index in [0.29, 0.717) is 24.7 Å². The van der Waals surface area contributed by atoms with Crippen LogP contribution in [-0.4, -0.2) is 38.3 Å². The molecule has 0 aliphatic carbocycles. The maximum absolute atomic E-state index is 12.9. The molecular weight excluding hydrogens is 412 g/mol. The first-order valence-corrected chi connectivity index (χ1v) is 11.3. The second kappa shape index (κ2) is 10.1. The van der Waals surface area contributed by atoms with Crippen molar-refractivity contribution >= 4 is 33.2 Å². The van der Waals surface area contributed by atoms with Crippen molar-refractivity contribution in [2.75, 3.05) is 25.0 Å². The van der Waals surface area contributed by atoms with Gasteiger partial charge in [0.15, 0.2) is 6.61 Å². The molecule has 2 aromatic carbocycles. The highest BCUT2D eigenvalue weighted by Gasteiger charge is 2.26. The van der Waals surface area contributed by atoms with E-state index in [4.69, 9.17) is 16.3 Å². The zero-order chi connectivity index (χ0) is 21.6. The minimum absolute atomic E-state index is 0.0530. The maximum Gasteiger partial charge on any atom is 0.262 e. The van der Waals surface area contributed by atoms with Crippen LogP contribution >= 0.6 is 11.6 Å². The van der Waals surface area contributed by atoms with E-state index >= 15 is 0 Å². The third-order valence-corrected chi connectivity index (χ3v) is 6.76. The number of nitrogens with one attached hydrogen (secondary N) is 1. The largest absolute Gasteiger partial charge is 0.482 e. The highest BCUT2D eigenvalue weighted by atomic mass is 35.5. The molecule has 0 saturated carbocycles. The molecular formula is C21H27ClN2O4S. The number of amides is 1. The van der Waals surface area contributed by atoms with Crippen LogP contribution in [0, 0.1) is 0 Å². The van der Waals surface area contributed by atoms with Crippen LogP contribution in [-0.2, 0) is 14.8 Å². The van der Waals surface area contributed by atoms with Crippen LogP contribution in [0.25, 0.3) is 0 Å². The van der Waals surface area contributed by atoms with Gasteiger partial charge in [0.1, 0.15) is 10.6 Å². The molecule has 0 atom stereocenters. The highest BCUT2D eigenvalue weighted by Crippen LogP contribution is 2.30. The lowest BCUT2D eigenvalue weighted by Crippen LogP contribution is -2.31. The van der Waals surface area contributed by atoms with Crippen LogP contribution in [0.1, 0.15) is 39.2 Å². The number of carbonyl (C=O) groups excluding carboxylic acids is 1. The fourth-order valence-electron chi connectivity index (χ4n) is 2.80. The Hall–Kier alpha value is -2.09. The topological polar surface area (TPSA) is 75.7 Å². The van der Waals surface area contributed by atoms with Crippen molar-refractivity contribution in [1.29, 1.82) is 0 Å². The molecule has 8 heteroatoms. The van der Waals surface area contributed by atoms with Crippen molar-refractivity contribution in [3.63, 3.8) is 0 Å². The molecule has 0 aliphatic heterocycles. The van der Waals surface area contributed by atoms with Gasteiger partial charge in [-0.05, 0) is 41.8 Å². The van der Waals surface area contributed by atoms with Crippen LogP contribution in [0.3, 0.4) is 0 Å². The lowest BCUT2D eigenvalue weighted by molar-refractivity contribution is -0.118. The van der Waals surface area contributed by atoms with Crippen molar-refractivity contribution in [3.8, 4) is 5.75 Å². The molecule has 0 aromatic heterocycles. The number of anilines is 1. The Kier molecular flexibility index (Phi) is 8.07. The van der Waals surface area contributed by atoms with Gasteiger partial charge >= 0.3 is 0 Å². The quantitative estimate of drug-likeness (QED) is 0.624. The predicted molar refractivity (Wildman–Crippen MR) is 116 cm³/mol. The summed E-state index contributed by atoms with van der Waals surface area (Å²) in [5, 5.41) is 3.02. The molecule has 0 spiro atoms. The summed E-state index contributed by atoms with van der Waals surface area (Å²) in [5.41, 5.74) is 1.82. The van der Waals surface area contributed by atoms with Crippen molar-refractivity contribution < 1.29 is 17.9 Å². The van der Waals surface area contributed by atoms with Gasteiger partial charge < -0.3 is 10.1 Å². The Morgan fingerprint density at radius 1 is 1.10 bits per heavy atom. The monoisotopic (exact) mass is 438 g/mol. The molecule has 0 bridgehead atoms. The van der Waals surface area contributed by atoms with Crippen molar-refractivity contribution in [2.45, 2.75) is 38.5 Å². The summed E-state index contributed by atoms with van der Waals surface area (Å²) in [6, 6.07) is 11.9. The Morgan fingerprint density at radius 3 is 2.28 bits per heavy atom. The molecule has 6 nitrogen and oxygen atoms in total. The van der Waals surface area contributed by atoms with E-state index in [9.17, 15) is 13.2 Å². The summed E-state index contributed by atoms with van der Waals surface area (Å²) in [4.78, 5) is 12.2. The Bertz CT molecular complexity index is 940. The number of ether oxygens (including phenoxy) is 1. The minimum Gasteiger partial charge on any atom is -0.482 e. The molecule has 0 saturated heterocycles. The third kappa shape index (κ3) is 5.95. The molecule has 29 heavy (non-hydrogen) atoms. The molecule has 0 fully saturated rings. The highest BCUT2D eigenvalue weighted by molar-refractivity contribution is 7.89. The van der Waals surface area contributed by atoms with Crippen LogP contribution in [0.2, 0.25) is 5.02 Å². The molecule has 0 aliphatic rings. The number of carbonyl (C=O) groups is 1. The smallest absolute Gasteiger partial charge is 0.262 e. The van der Waals surface area contributed by atoms with Crippen molar-refractivity contribution in [2.24, 2.45) is 0 Å². The van der Waals surface area contributed by atoms with E-state index in [1.165, 1.54) is 28.1 Å². The molecule has 0 radical (unpaired) electrons. The number of nitrogens with zero attached hydrogens (tertiary/aromatic N) is 1. The van der Waals surface area contributed by atoms with Crippen molar-refractivity contribution in [3.05, 3.63) is 53.1 Å². The van der Waals surface area contributed by atoms with Gasteiger partial charge in [-0.2, -0.15) is 4.31 Å². The Labute approximate surface area is 177 Å². The van der Waals surface area contributed by atoms with E-state index in [-0.39, 0.29) is 28.2 Å². The van der Waals surface area contributed by atoms with E-state index in [1.54, 1.807) is 13.8 Å². The van der Waals surface area contributed by atoms with E-state index in [2.05, 4.69) is 19.2 Å². The SMILES string of the molecule is CCN(CC)S(=O)(=O)c1cc(Cl)ccc1OCC(=O)Nc1ccc(C(C)C)cc1. The van der Waals surface area contributed by atoms with E-state index in [0.717, 1.165) is 0 Å². The van der Waals surface area contributed by atoms with Crippen LogP contribution in [0.15, 0.2) is 47.4 Å². The lowest BCUT2D eigenvalue weighted by atomic mass is 10.0. The van der Waals surface area contributed by atoms with Gasteiger partial charge in [-0.15, -0.1) is 0 Å². The summed E-state index contributed by atoms with van der Waals surface area (Å²) in [6.45, 7) is 8.01. The fraction of sp³-hybridized carbons (Fsp3) is 0.381. The first-order valence-electron chi connectivity index (χ1n) is 9.51. The Balaban J connectivity index is 2.13. The number of hydrogen-bond donors (Lipinski definition) is 1. The minimum atomic E-state index is -3.78. The van der Waals surface area contributed by atoms with Gasteiger partial charge in [0, 0.05) is 23.8 Å². The average Bonchev–Trinajstić information content (AvgIpc) is 2.68. The van der Waals surface area contributed by atoms with Gasteiger partial charge in [0.25, 0.3) is 5.91 Å². The number of hydrogen-bond acceptors (Lipinski definition) is 4. The van der Waals surface area contributed by atoms with Gasteiger partial charge in [0.05, 0.1) is 0 Å². The summed E-state index contributed by atoms with van der Waals surface area (Å²) in [7, 11) is -3.78. The summed E-state index contributed by atoms with van der Waals surface area (Å²) >= 11 is 6.00. The standard InChI is InChI=1S/C21H27ClN2O4S/c1-5-24(6-2)29(26,27)20-13-17(22)9-12-19(20)28-14-21(25)23-18-10-7-16(8-11-18)15(3)4/h7-13,15H,5-6,14H2,1-4H3,(H,23,25). The first-order chi connectivity index (χ1) is 13.7. The zero-order valence-electron chi connectivity index (χ0n) is 17.1. The van der Waals surface area contributed by atoms with Gasteiger partial charge in [-0.3, -0.25) is 4.79 Å². The van der Waals surface area contributed by atoms with E-state index < -0.39 is 10.0 Å². The number of halogens is 1. The lowest BCUT2D eigenvalue weighted by Gasteiger charge is -2.20. The first kappa shape index (κ1) is 23.2. The molecule has 158 valence electrons. The Morgan fingerprint density at radius 2 is 1.72 bits per heavy atom. The van der Waals surface area contributed by atoms with Gasteiger partial charge in [0.2, 0.25) is 10.0 Å².